The summed E-state index contributed by atoms with van der Waals surface area (Å²) in [6.45, 7) is 1.75. The topological polar surface area (TPSA) is 21.1 Å². The summed E-state index contributed by atoms with van der Waals surface area (Å²) in [5.74, 6) is 1.74. The number of aryl methyl sites for hydroxylation is 1. The van der Waals surface area contributed by atoms with Gasteiger partial charge in [-0.1, -0.05) is 0 Å². The van der Waals surface area contributed by atoms with Gasteiger partial charge in [0.15, 0.2) is 0 Å². The molecule has 1 rings (SSSR count). The predicted octanol–water partition coefficient (Wildman–Crippen LogP) is 1.09. The second-order valence-electron chi connectivity index (χ2n) is 2.88. The van der Waals surface area contributed by atoms with Crippen LogP contribution in [-0.2, 0) is 13.6 Å². The van der Waals surface area contributed by atoms with Crippen molar-refractivity contribution in [1.29, 1.82) is 0 Å². The quantitative estimate of drug-likeness (QED) is 0.659. The van der Waals surface area contributed by atoms with Gasteiger partial charge in [-0.25, -0.2) is 4.98 Å². The van der Waals surface area contributed by atoms with Gasteiger partial charge >= 0.3 is 0 Å². The van der Waals surface area contributed by atoms with Gasteiger partial charge in [0.05, 0.1) is 6.54 Å². The zero-order chi connectivity index (χ0) is 8.97. The third-order valence-corrected chi connectivity index (χ3v) is 1.97. The fourth-order valence-electron chi connectivity index (χ4n) is 1.01. The Kier molecular flexibility index (Phi) is 3.56. The number of rotatable bonds is 4. The van der Waals surface area contributed by atoms with E-state index in [4.69, 9.17) is 11.6 Å². The normalized spacial score (nSPS) is 11.0. The second kappa shape index (κ2) is 4.48. The van der Waals surface area contributed by atoms with Gasteiger partial charge < -0.3 is 4.57 Å². The van der Waals surface area contributed by atoms with E-state index in [0.717, 1.165) is 18.9 Å². The van der Waals surface area contributed by atoms with Gasteiger partial charge in [0, 0.05) is 31.9 Å². The minimum absolute atomic E-state index is 0.668. The minimum atomic E-state index is 0.668. The van der Waals surface area contributed by atoms with Crippen LogP contribution in [0, 0.1) is 0 Å². The predicted molar refractivity (Wildman–Crippen MR) is 50.3 cm³/mol. The summed E-state index contributed by atoms with van der Waals surface area (Å²) < 4.78 is 2.02. The maximum absolute atomic E-state index is 5.61. The van der Waals surface area contributed by atoms with Crippen LogP contribution in [0.5, 0.6) is 0 Å². The van der Waals surface area contributed by atoms with Crippen molar-refractivity contribution in [3.05, 3.63) is 18.2 Å². The Morgan fingerprint density at radius 2 is 2.42 bits per heavy atom. The maximum atomic E-state index is 5.61. The average Bonchev–Trinajstić information content (AvgIpc) is 2.37. The fourth-order valence-corrected chi connectivity index (χ4v) is 1.30. The Morgan fingerprint density at radius 1 is 1.67 bits per heavy atom. The summed E-state index contributed by atoms with van der Waals surface area (Å²) in [7, 11) is 4.04. The molecule has 0 N–H and O–H groups in total. The van der Waals surface area contributed by atoms with Crippen LogP contribution >= 0.6 is 11.6 Å². The van der Waals surface area contributed by atoms with Gasteiger partial charge in [0.25, 0.3) is 0 Å². The van der Waals surface area contributed by atoms with E-state index in [1.165, 1.54) is 0 Å². The van der Waals surface area contributed by atoms with Gasteiger partial charge in [-0.15, -0.1) is 11.6 Å². The lowest BCUT2D eigenvalue weighted by molar-refractivity contribution is 0.334. The molecule has 1 heterocycles. The van der Waals surface area contributed by atoms with Crippen LogP contribution in [0.25, 0.3) is 0 Å². The number of hydrogen-bond donors (Lipinski definition) is 0. The molecule has 12 heavy (non-hydrogen) atoms. The summed E-state index contributed by atoms with van der Waals surface area (Å²) in [5.41, 5.74) is 0. The van der Waals surface area contributed by atoms with Crippen LogP contribution < -0.4 is 0 Å². The standard InChI is InChI=1S/C8H14ClN3/c1-11(5-3-9)7-8-10-4-6-12(8)2/h4,6H,3,5,7H2,1-2H3. The Labute approximate surface area is 78.0 Å². The summed E-state index contributed by atoms with van der Waals surface area (Å²) in [6.07, 6.45) is 3.76. The highest BCUT2D eigenvalue weighted by molar-refractivity contribution is 6.18. The molecule has 0 fully saturated rings. The third kappa shape index (κ3) is 2.50. The third-order valence-electron chi connectivity index (χ3n) is 1.80. The van der Waals surface area contributed by atoms with Crippen LogP contribution in [-0.4, -0.2) is 33.9 Å². The van der Waals surface area contributed by atoms with Gasteiger partial charge in [-0.3, -0.25) is 4.90 Å². The molecule has 0 saturated carbocycles. The molecule has 1 aromatic heterocycles. The van der Waals surface area contributed by atoms with Gasteiger partial charge in [0.1, 0.15) is 5.82 Å². The van der Waals surface area contributed by atoms with E-state index in [2.05, 4.69) is 9.88 Å². The number of nitrogens with zero attached hydrogens (tertiary/aromatic N) is 3. The molecular weight excluding hydrogens is 174 g/mol. The van der Waals surface area contributed by atoms with E-state index in [1.807, 2.05) is 31.1 Å². The van der Waals surface area contributed by atoms with Crippen molar-refractivity contribution in [3.63, 3.8) is 0 Å². The van der Waals surface area contributed by atoms with E-state index in [-0.39, 0.29) is 0 Å². The van der Waals surface area contributed by atoms with Crippen molar-refractivity contribution in [2.45, 2.75) is 6.54 Å². The van der Waals surface area contributed by atoms with Crippen molar-refractivity contribution in [2.24, 2.45) is 7.05 Å². The maximum Gasteiger partial charge on any atom is 0.122 e. The lowest BCUT2D eigenvalue weighted by Gasteiger charge is -2.13. The van der Waals surface area contributed by atoms with E-state index in [1.54, 1.807) is 0 Å². The highest BCUT2D eigenvalue weighted by Crippen LogP contribution is 1.98. The van der Waals surface area contributed by atoms with Crippen molar-refractivity contribution in [2.75, 3.05) is 19.5 Å². The van der Waals surface area contributed by atoms with Gasteiger partial charge in [-0.05, 0) is 7.05 Å². The molecule has 0 bridgehead atoms. The number of aromatic nitrogens is 2. The zero-order valence-corrected chi connectivity index (χ0v) is 8.25. The SMILES string of the molecule is CN(CCCl)Cc1nccn1C. The van der Waals surface area contributed by atoms with E-state index < -0.39 is 0 Å². The number of alkyl halides is 1. The van der Waals surface area contributed by atoms with Crippen LogP contribution in [0.2, 0.25) is 0 Å². The largest absolute Gasteiger partial charge is 0.337 e. The molecule has 4 heteroatoms. The van der Waals surface area contributed by atoms with E-state index >= 15 is 0 Å². The first-order valence-corrected chi connectivity index (χ1v) is 4.48. The molecule has 3 nitrogen and oxygen atoms in total. The van der Waals surface area contributed by atoms with Crippen LogP contribution in [0.3, 0.4) is 0 Å². The van der Waals surface area contributed by atoms with Crippen molar-refractivity contribution in [1.82, 2.24) is 14.5 Å². The smallest absolute Gasteiger partial charge is 0.122 e. The Hall–Kier alpha value is -0.540. The summed E-state index contributed by atoms with van der Waals surface area (Å²) in [5, 5.41) is 0. The first-order chi connectivity index (χ1) is 5.74. The van der Waals surface area contributed by atoms with E-state index in [0.29, 0.717) is 5.88 Å². The molecule has 0 atom stereocenters. The minimum Gasteiger partial charge on any atom is -0.337 e. The molecule has 0 aliphatic rings. The van der Waals surface area contributed by atoms with Crippen molar-refractivity contribution in [3.8, 4) is 0 Å². The molecule has 1 aromatic rings. The summed E-state index contributed by atoms with van der Waals surface area (Å²) in [6, 6.07) is 0. The average molecular weight is 188 g/mol. The van der Waals surface area contributed by atoms with Gasteiger partial charge in [0.2, 0.25) is 0 Å². The number of hydrogen-bond acceptors (Lipinski definition) is 2. The molecule has 0 spiro atoms. The second-order valence-corrected chi connectivity index (χ2v) is 3.26. The van der Waals surface area contributed by atoms with Crippen molar-refractivity contribution >= 4 is 11.6 Å². The van der Waals surface area contributed by atoms with Crippen LogP contribution in [0.15, 0.2) is 12.4 Å². The molecule has 0 saturated heterocycles. The van der Waals surface area contributed by atoms with Crippen LogP contribution in [0.4, 0.5) is 0 Å². The first kappa shape index (κ1) is 9.55. The summed E-state index contributed by atoms with van der Waals surface area (Å²) >= 11 is 5.61. The fraction of sp³-hybridized carbons (Fsp3) is 0.625. The highest BCUT2D eigenvalue weighted by Gasteiger charge is 2.02. The molecule has 0 aliphatic carbocycles. The molecule has 68 valence electrons. The monoisotopic (exact) mass is 187 g/mol. The van der Waals surface area contributed by atoms with Crippen LogP contribution in [0.1, 0.15) is 5.82 Å². The number of imidazole rings is 1. The summed E-state index contributed by atoms with van der Waals surface area (Å²) in [4.78, 5) is 6.36. The Morgan fingerprint density at radius 3 is 2.92 bits per heavy atom. The van der Waals surface area contributed by atoms with E-state index in [9.17, 15) is 0 Å². The molecular formula is C8H14ClN3. The first-order valence-electron chi connectivity index (χ1n) is 3.94. The molecule has 0 aromatic carbocycles. The lowest BCUT2D eigenvalue weighted by atomic mass is 10.5. The highest BCUT2D eigenvalue weighted by atomic mass is 35.5. The molecule has 0 aliphatic heterocycles. The molecule has 0 unspecified atom stereocenters. The zero-order valence-electron chi connectivity index (χ0n) is 7.50. The lowest BCUT2D eigenvalue weighted by Crippen LogP contribution is -2.21. The van der Waals surface area contributed by atoms with Gasteiger partial charge in [-0.2, -0.15) is 0 Å². The molecule has 0 amide bonds. The Balaban J connectivity index is 2.46. The number of halogens is 1. The Bertz CT molecular complexity index is 234. The van der Waals surface area contributed by atoms with Crippen molar-refractivity contribution < 1.29 is 0 Å². The molecule has 0 radical (unpaired) electrons.